The molecule has 2 aromatic carbocycles. The molecule has 0 fully saturated rings. The van der Waals surface area contributed by atoms with Crippen LogP contribution in [0.15, 0.2) is 48.5 Å². The molecule has 0 aliphatic heterocycles. The van der Waals surface area contributed by atoms with Gasteiger partial charge in [0.25, 0.3) is 0 Å². The van der Waals surface area contributed by atoms with E-state index in [1.54, 1.807) is 7.05 Å². The molecule has 0 saturated heterocycles. The summed E-state index contributed by atoms with van der Waals surface area (Å²) in [6.45, 7) is 2.59. The number of likely N-dealkylation sites (N-methyl/N-ethyl adjacent to an activating group) is 1. The average Bonchev–Trinajstić information content (AvgIpc) is 3.63. The van der Waals surface area contributed by atoms with Crippen molar-refractivity contribution in [3.8, 4) is 22.5 Å². The number of ether oxygens (including phenoxy) is 2. The standard InChI is InChI=1S/C29H34ClN7O4/c1-4-5-10-25-32-27(30)24(18-41-29(39)23(31-2)15-16-26(38)40-3)37(25)17-19-11-13-20(14-12-19)21-8-6-7-9-22(21)28-33-35-36-34-28/h6-9,11-14,23,31H,4-5,10,15-18H2,1-3H3,(H,33,34,35,36)/t23-/m0/s1. The zero-order valence-corrected chi connectivity index (χ0v) is 24.1. The summed E-state index contributed by atoms with van der Waals surface area (Å²) >= 11 is 6.57. The molecule has 0 spiro atoms. The number of aryl methyl sites for hydroxylation is 1. The molecule has 0 amide bonds. The van der Waals surface area contributed by atoms with E-state index in [0.29, 0.717) is 23.2 Å². The second-order valence-corrected chi connectivity index (χ2v) is 9.85. The Labute approximate surface area is 243 Å². The lowest BCUT2D eigenvalue weighted by Gasteiger charge is -2.16. The predicted octanol–water partition coefficient (Wildman–Crippen LogP) is 4.36. The van der Waals surface area contributed by atoms with Crippen LogP contribution in [0, 0.1) is 0 Å². The number of carbonyl (C=O) groups is 2. The molecule has 4 rings (SSSR count). The third kappa shape index (κ3) is 7.56. The lowest BCUT2D eigenvalue weighted by atomic mass is 9.98. The van der Waals surface area contributed by atoms with Gasteiger partial charge >= 0.3 is 11.9 Å². The number of halogens is 1. The SMILES string of the molecule is CCCCc1nc(Cl)c(COC(=O)[C@H](CCC(=O)OC)NC)n1Cc1ccc(-c2ccccc2-c2nn[nH]n2)cc1. The van der Waals surface area contributed by atoms with E-state index in [9.17, 15) is 9.59 Å². The number of esters is 2. The molecule has 2 heterocycles. The van der Waals surface area contributed by atoms with Crippen molar-refractivity contribution in [3.05, 3.63) is 70.8 Å². The highest BCUT2D eigenvalue weighted by molar-refractivity contribution is 6.30. The Morgan fingerprint density at radius 3 is 2.54 bits per heavy atom. The molecular formula is C29H34ClN7O4. The number of unbranched alkanes of at least 4 members (excludes halogenated alkanes) is 1. The van der Waals surface area contributed by atoms with Crippen molar-refractivity contribution in [1.29, 1.82) is 0 Å². The Morgan fingerprint density at radius 2 is 1.88 bits per heavy atom. The van der Waals surface area contributed by atoms with Crippen LogP contribution in [0.1, 0.15) is 49.7 Å². The fourth-order valence-electron chi connectivity index (χ4n) is 4.52. The van der Waals surface area contributed by atoms with Gasteiger partial charge in [0.15, 0.2) is 5.15 Å². The van der Waals surface area contributed by atoms with Crippen molar-refractivity contribution < 1.29 is 19.1 Å². The first-order valence-electron chi connectivity index (χ1n) is 13.5. The summed E-state index contributed by atoms with van der Waals surface area (Å²) in [6, 6.07) is 15.5. The number of rotatable bonds is 14. The van der Waals surface area contributed by atoms with E-state index in [1.807, 2.05) is 28.8 Å². The van der Waals surface area contributed by atoms with Gasteiger partial charge in [0.05, 0.1) is 12.8 Å². The highest BCUT2D eigenvalue weighted by atomic mass is 35.5. The second kappa shape index (κ2) is 14.5. The Bertz CT molecular complexity index is 1440. The Balaban J connectivity index is 1.53. The lowest BCUT2D eigenvalue weighted by molar-refractivity contribution is -0.148. The number of hydrogen-bond donors (Lipinski definition) is 2. The second-order valence-electron chi connectivity index (χ2n) is 9.50. The number of aromatic amines is 1. The van der Waals surface area contributed by atoms with Gasteiger partial charge in [-0.15, -0.1) is 10.2 Å². The molecule has 0 aliphatic carbocycles. The zero-order chi connectivity index (χ0) is 29.2. The number of carbonyl (C=O) groups excluding carboxylic acids is 2. The number of nitrogens with one attached hydrogen (secondary N) is 2. The smallest absolute Gasteiger partial charge is 0.323 e. The quantitative estimate of drug-likeness (QED) is 0.209. The molecule has 2 aromatic heterocycles. The van der Waals surface area contributed by atoms with Gasteiger partial charge in [0, 0.05) is 24.9 Å². The van der Waals surface area contributed by atoms with Gasteiger partial charge in [-0.25, -0.2) is 4.98 Å². The zero-order valence-electron chi connectivity index (χ0n) is 23.4. The number of methoxy groups -OCH3 is 1. The largest absolute Gasteiger partial charge is 0.469 e. The van der Waals surface area contributed by atoms with Crippen LogP contribution in [0.2, 0.25) is 5.15 Å². The first-order valence-corrected chi connectivity index (χ1v) is 13.9. The fourth-order valence-corrected chi connectivity index (χ4v) is 4.77. The molecule has 41 heavy (non-hydrogen) atoms. The molecule has 0 radical (unpaired) electrons. The highest BCUT2D eigenvalue weighted by Gasteiger charge is 2.23. The average molecular weight is 580 g/mol. The topological polar surface area (TPSA) is 137 Å². The van der Waals surface area contributed by atoms with Crippen molar-refractivity contribution in [1.82, 2.24) is 35.5 Å². The van der Waals surface area contributed by atoms with Crippen molar-refractivity contribution in [3.63, 3.8) is 0 Å². The van der Waals surface area contributed by atoms with Gasteiger partial charge in [0.2, 0.25) is 5.82 Å². The molecular weight excluding hydrogens is 546 g/mol. The minimum atomic E-state index is -0.647. The van der Waals surface area contributed by atoms with E-state index >= 15 is 0 Å². The number of tetrazole rings is 1. The van der Waals surface area contributed by atoms with Crippen LogP contribution in [0.5, 0.6) is 0 Å². The number of aromatic nitrogens is 6. The molecule has 12 heteroatoms. The van der Waals surface area contributed by atoms with Gasteiger partial charge in [0.1, 0.15) is 18.5 Å². The van der Waals surface area contributed by atoms with Crippen LogP contribution in [-0.4, -0.2) is 62.3 Å². The van der Waals surface area contributed by atoms with E-state index in [1.165, 1.54) is 7.11 Å². The monoisotopic (exact) mass is 579 g/mol. The van der Waals surface area contributed by atoms with Crippen molar-refractivity contribution in [2.75, 3.05) is 14.2 Å². The van der Waals surface area contributed by atoms with E-state index in [-0.39, 0.29) is 25.4 Å². The summed E-state index contributed by atoms with van der Waals surface area (Å²) < 4.78 is 12.3. The van der Waals surface area contributed by atoms with Crippen LogP contribution in [-0.2, 0) is 38.6 Å². The van der Waals surface area contributed by atoms with Crippen molar-refractivity contribution in [2.24, 2.45) is 0 Å². The molecule has 11 nitrogen and oxygen atoms in total. The number of H-pyrrole nitrogens is 1. The number of benzene rings is 2. The number of nitrogens with zero attached hydrogens (tertiary/aromatic N) is 5. The van der Waals surface area contributed by atoms with E-state index in [4.69, 9.17) is 16.3 Å². The van der Waals surface area contributed by atoms with E-state index < -0.39 is 12.0 Å². The lowest BCUT2D eigenvalue weighted by Crippen LogP contribution is -2.36. The third-order valence-electron chi connectivity index (χ3n) is 6.82. The maximum Gasteiger partial charge on any atom is 0.323 e. The van der Waals surface area contributed by atoms with Crippen LogP contribution < -0.4 is 5.32 Å². The summed E-state index contributed by atoms with van der Waals surface area (Å²) in [4.78, 5) is 28.9. The van der Waals surface area contributed by atoms with Crippen LogP contribution in [0.4, 0.5) is 0 Å². The minimum absolute atomic E-state index is 0.0383. The normalized spacial score (nSPS) is 11.8. The van der Waals surface area contributed by atoms with Gasteiger partial charge in [-0.05, 0) is 41.8 Å². The van der Waals surface area contributed by atoms with Gasteiger partial charge in [-0.2, -0.15) is 5.21 Å². The summed E-state index contributed by atoms with van der Waals surface area (Å²) in [6.07, 6.45) is 3.07. The number of hydrogen-bond acceptors (Lipinski definition) is 9. The van der Waals surface area contributed by atoms with E-state index in [2.05, 4.69) is 66.9 Å². The maximum absolute atomic E-state index is 12.8. The van der Waals surface area contributed by atoms with E-state index in [0.717, 1.165) is 47.3 Å². The molecule has 0 unspecified atom stereocenters. The first-order chi connectivity index (χ1) is 19.9. The Hall–Kier alpha value is -4.09. The summed E-state index contributed by atoms with van der Waals surface area (Å²) in [5, 5.41) is 17.7. The summed E-state index contributed by atoms with van der Waals surface area (Å²) in [7, 11) is 2.96. The van der Waals surface area contributed by atoms with Crippen LogP contribution in [0.25, 0.3) is 22.5 Å². The predicted molar refractivity (Wildman–Crippen MR) is 154 cm³/mol. The number of imidazole rings is 1. The molecule has 0 saturated carbocycles. The third-order valence-corrected chi connectivity index (χ3v) is 7.13. The van der Waals surface area contributed by atoms with Gasteiger partial charge in [-0.1, -0.05) is 73.5 Å². The molecule has 2 N–H and O–H groups in total. The first kappa shape index (κ1) is 29.9. The van der Waals surface area contributed by atoms with Crippen LogP contribution >= 0.6 is 11.6 Å². The summed E-state index contributed by atoms with van der Waals surface area (Å²) in [5.41, 5.74) is 4.56. The van der Waals surface area contributed by atoms with Gasteiger partial charge in [-0.3, -0.25) is 9.59 Å². The molecule has 216 valence electrons. The maximum atomic E-state index is 12.8. The molecule has 1 atom stereocenters. The van der Waals surface area contributed by atoms with Crippen molar-refractivity contribution in [2.45, 2.75) is 58.2 Å². The highest BCUT2D eigenvalue weighted by Crippen LogP contribution is 2.30. The summed E-state index contributed by atoms with van der Waals surface area (Å²) in [5.74, 6) is 0.512. The molecule has 0 aliphatic rings. The Kier molecular flexibility index (Phi) is 10.6. The minimum Gasteiger partial charge on any atom is -0.469 e. The van der Waals surface area contributed by atoms with Gasteiger partial charge < -0.3 is 19.4 Å². The molecule has 0 bridgehead atoms. The molecule has 4 aromatic rings. The fraction of sp³-hybridized carbons (Fsp3) is 0.379. The Morgan fingerprint density at radius 1 is 1.12 bits per heavy atom. The van der Waals surface area contributed by atoms with Crippen molar-refractivity contribution >= 4 is 23.5 Å². The van der Waals surface area contributed by atoms with Crippen LogP contribution in [0.3, 0.4) is 0 Å².